The number of nitrogens with one attached hydrogen (secondary N) is 1. The van der Waals surface area contributed by atoms with Gasteiger partial charge in [0.25, 0.3) is 0 Å². The second kappa shape index (κ2) is 14.5. The molecule has 0 radical (unpaired) electrons. The Morgan fingerprint density at radius 3 is 2.17 bits per heavy atom. The predicted octanol–water partition coefficient (Wildman–Crippen LogP) is 5.92. The molecular formula is C29H32Cl2IN3O4S. The standard InChI is InChI=1S/C29H32Cl2IN3O4S/c1-4-20(2)33-29(37)27(17-21-8-6-5-7-9-21)34(18-22-10-15-25(30)26(31)16-22)28(36)19-35(40(3,38)39)24-13-11-23(32)12-14-24/h5-16,20,27H,4,17-19H2,1-3H3,(H,33,37)/t20-,27+/m0/s1. The van der Waals surface area contributed by atoms with Gasteiger partial charge in [-0.15, -0.1) is 0 Å². The second-order valence-electron chi connectivity index (χ2n) is 9.54. The van der Waals surface area contributed by atoms with Gasteiger partial charge in [-0.05, 0) is 83.5 Å². The van der Waals surface area contributed by atoms with E-state index in [9.17, 15) is 18.0 Å². The highest BCUT2D eigenvalue weighted by atomic mass is 127. The number of carbonyl (C=O) groups excluding carboxylic acids is 2. The van der Waals surface area contributed by atoms with Crippen molar-refractivity contribution in [3.63, 3.8) is 0 Å². The molecule has 0 spiro atoms. The molecule has 40 heavy (non-hydrogen) atoms. The number of amides is 2. The monoisotopic (exact) mass is 715 g/mol. The lowest BCUT2D eigenvalue weighted by atomic mass is 10.0. The highest BCUT2D eigenvalue weighted by Gasteiger charge is 2.33. The first kappa shape index (κ1) is 32.2. The van der Waals surface area contributed by atoms with Crippen molar-refractivity contribution in [1.82, 2.24) is 10.2 Å². The average Bonchev–Trinajstić information content (AvgIpc) is 2.91. The van der Waals surface area contributed by atoms with E-state index in [2.05, 4.69) is 27.9 Å². The summed E-state index contributed by atoms with van der Waals surface area (Å²) in [5.74, 6) is -0.859. The van der Waals surface area contributed by atoms with Crippen LogP contribution < -0.4 is 9.62 Å². The molecule has 11 heteroatoms. The first-order chi connectivity index (χ1) is 18.9. The van der Waals surface area contributed by atoms with Crippen LogP contribution in [-0.2, 0) is 32.6 Å². The number of carbonyl (C=O) groups is 2. The van der Waals surface area contributed by atoms with Gasteiger partial charge in [-0.2, -0.15) is 0 Å². The van der Waals surface area contributed by atoms with Gasteiger partial charge >= 0.3 is 0 Å². The maximum Gasteiger partial charge on any atom is 0.244 e. The summed E-state index contributed by atoms with van der Waals surface area (Å²) < 4.78 is 27.7. The summed E-state index contributed by atoms with van der Waals surface area (Å²) in [6, 6.07) is 20.2. The largest absolute Gasteiger partial charge is 0.352 e. The zero-order chi connectivity index (χ0) is 29.4. The van der Waals surface area contributed by atoms with Gasteiger partial charge in [0.1, 0.15) is 12.6 Å². The lowest BCUT2D eigenvalue weighted by Gasteiger charge is -2.34. The molecule has 7 nitrogen and oxygen atoms in total. The first-order valence-corrected chi connectivity index (χ1v) is 16.4. The van der Waals surface area contributed by atoms with Crippen LogP contribution in [-0.4, -0.2) is 50.0 Å². The molecule has 0 saturated carbocycles. The number of sulfonamides is 1. The Bertz CT molecular complexity index is 1420. The maximum absolute atomic E-state index is 14.1. The number of hydrogen-bond donors (Lipinski definition) is 1. The molecular weight excluding hydrogens is 684 g/mol. The van der Waals surface area contributed by atoms with Gasteiger partial charge in [0.05, 0.1) is 22.0 Å². The Morgan fingerprint density at radius 1 is 0.950 bits per heavy atom. The Hall–Kier alpha value is -2.34. The van der Waals surface area contributed by atoms with Crippen LogP contribution in [0.25, 0.3) is 0 Å². The summed E-state index contributed by atoms with van der Waals surface area (Å²) in [5.41, 5.74) is 1.86. The fraction of sp³-hybridized carbons (Fsp3) is 0.310. The van der Waals surface area contributed by atoms with E-state index in [0.717, 1.165) is 19.7 Å². The number of benzene rings is 3. The van der Waals surface area contributed by atoms with E-state index in [1.54, 1.807) is 42.5 Å². The molecule has 0 fully saturated rings. The second-order valence-corrected chi connectivity index (χ2v) is 13.5. The summed E-state index contributed by atoms with van der Waals surface area (Å²) in [7, 11) is -3.83. The first-order valence-electron chi connectivity index (χ1n) is 12.7. The molecule has 3 aromatic rings. The van der Waals surface area contributed by atoms with Crippen LogP contribution in [0, 0.1) is 3.57 Å². The normalized spacial score (nSPS) is 12.8. The summed E-state index contributed by atoms with van der Waals surface area (Å²) >= 11 is 14.5. The molecule has 0 heterocycles. The zero-order valence-corrected chi connectivity index (χ0v) is 27.0. The van der Waals surface area contributed by atoms with Crippen molar-refractivity contribution in [2.75, 3.05) is 17.1 Å². The third-order valence-corrected chi connectivity index (χ3v) is 9.00. The molecule has 214 valence electrons. The van der Waals surface area contributed by atoms with Gasteiger partial charge in [-0.25, -0.2) is 8.42 Å². The van der Waals surface area contributed by atoms with Gasteiger partial charge in [-0.3, -0.25) is 13.9 Å². The van der Waals surface area contributed by atoms with E-state index in [1.807, 2.05) is 44.2 Å². The minimum absolute atomic E-state index is 0.0193. The van der Waals surface area contributed by atoms with E-state index in [4.69, 9.17) is 23.2 Å². The van der Waals surface area contributed by atoms with Crippen LogP contribution in [0.1, 0.15) is 31.4 Å². The van der Waals surface area contributed by atoms with Gasteiger partial charge < -0.3 is 10.2 Å². The van der Waals surface area contributed by atoms with Gasteiger partial charge in [-0.1, -0.05) is 66.5 Å². The Balaban J connectivity index is 2.07. The van der Waals surface area contributed by atoms with E-state index in [-0.39, 0.29) is 24.9 Å². The van der Waals surface area contributed by atoms with E-state index >= 15 is 0 Å². The van der Waals surface area contributed by atoms with Crippen molar-refractivity contribution in [2.45, 2.75) is 45.3 Å². The van der Waals surface area contributed by atoms with Crippen LogP contribution in [0.15, 0.2) is 72.8 Å². The van der Waals surface area contributed by atoms with Crippen molar-refractivity contribution >= 4 is 73.3 Å². The Kier molecular flexibility index (Phi) is 11.7. The molecule has 2 amide bonds. The lowest BCUT2D eigenvalue weighted by molar-refractivity contribution is -0.140. The van der Waals surface area contributed by atoms with Crippen LogP contribution in [0.2, 0.25) is 10.0 Å². The van der Waals surface area contributed by atoms with Crippen LogP contribution >= 0.6 is 45.8 Å². The van der Waals surface area contributed by atoms with E-state index in [1.165, 1.54) is 4.90 Å². The summed E-state index contributed by atoms with van der Waals surface area (Å²) in [5, 5.41) is 3.67. The van der Waals surface area contributed by atoms with E-state index < -0.39 is 28.5 Å². The molecule has 0 saturated heterocycles. The molecule has 0 aliphatic heterocycles. The fourth-order valence-corrected chi connectivity index (χ4v) is 5.58. The minimum Gasteiger partial charge on any atom is -0.352 e. The fourth-order valence-electron chi connectivity index (χ4n) is 4.05. The van der Waals surface area contributed by atoms with E-state index in [0.29, 0.717) is 27.7 Å². The van der Waals surface area contributed by atoms with Crippen molar-refractivity contribution in [2.24, 2.45) is 0 Å². The highest BCUT2D eigenvalue weighted by molar-refractivity contribution is 14.1. The molecule has 0 bridgehead atoms. The molecule has 1 N–H and O–H groups in total. The number of nitrogens with zero attached hydrogens (tertiary/aromatic N) is 2. The topological polar surface area (TPSA) is 86.8 Å². The molecule has 0 unspecified atom stereocenters. The summed E-state index contributed by atoms with van der Waals surface area (Å²) in [6.07, 6.45) is 2.00. The highest BCUT2D eigenvalue weighted by Crippen LogP contribution is 2.25. The van der Waals surface area contributed by atoms with Gasteiger partial charge in [0.15, 0.2) is 0 Å². The Morgan fingerprint density at radius 2 is 1.60 bits per heavy atom. The Labute approximate surface area is 260 Å². The van der Waals surface area contributed by atoms with Crippen LogP contribution in [0.4, 0.5) is 5.69 Å². The molecule has 3 rings (SSSR count). The quantitative estimate of drug-likeness (QED) is 0.236. The van der Waals surface area contributed by atoms with Crippen molar-refractivity contribution in [3.8, 4) is 0 Å². The van der Waals surface area contributed by atoms with Gasteiger partial charge in [0.2, 0.25) is 21.8 Å². The van der Waals surface area contributed by atoms with Gasteiger partial charge in [0, 0.05) is 22.6 Å². The maximum atomic E-state index is 14.1. The molecule has 0 aliphatic rings. The zero-order valence-electron chi connectivity index (χ0n) is 22.5. The van der Waals surface area contributed by atoms with Crippen LogP contribution in [0.5, 0.6) is 0 Å². The molecule has 0 aromatic heterocycles. The third-order valence-electron chi connectivity index (χ3n) is 6.40. The summed E-state index contributed by atoms with van der Waals surface area (Å²) in [4.78, 5) is 29.2. The number of halogens is 3. The SMILES string of the molecule is CC[C@H](C)NC(=O)[C@@H](Cc1ccccc1)N(Cc1ccc(Cl)c(Cl)c1)C(=O)CN(c1ccc(I)cc1)S(C)(=O)=O. The third kappa shape index (κ3) is 9.09. The lowest BCUT2D eigenvalue weighted by Crippen LogP contribution is -2.54. The van der Waals surface area contributed by atoms with Crippen molar-refractivity contribution in [1.29, 1.82) is 0 Å². The molecule has 3 aromatic carbocycles. The summed E-state index contributed by atoms with van der Waals surface area (Å²) in [6.45, 7) is 3.39. The van der Waals surface area contributed by atoms with Crippen molar-refractivity contribution in [3.05, 3.63) is 97.5 Å². The number of anilines is 1. The number of hydrogen-bond acceptors (Lipinski definition) is 4. The molecule has 0 aliphatic carbocycles. The average molecular weight is 716 g/mol. The minimum atomic E-state index is -3.83. The van der Waals surface area contributed by atoms with Crippen molar-refractivity contribution < 1.29 is 18.0 Å². The molecule has 2 atom stereocenters. The predicted molar refractivity (Wildman–Crippen MR) is 170 cm³/mol. The smallest absolute Gasteiger partial charge is 0.244 e. The number of rotatable bonds is 12. The van der Waals surface area contributed by atoms with Crippen LogP contribution in [0.3, 0.4) is 0 Å².